The number of aromatic nitrogens is 4. The number of piperazine rings is 1. The number of anilines is 1. The number of nitrogens with zero attached hydrogens (tertiary/aromatic N) is 8. The number of ether oxygens (including phenoxy) is 1. The van der Waals surface area contributed by atoms with E-state index in [4.69, 9.17) is 26.2 Å². The van der Waals surface area contributed by atoms with Crippen LogP contribution in [0, 0.1) is 24.0 Å². The minimum Gasteiger partial charge on any atom is -0.508 e. The molecule has 1 N–H and O–H groups in total. The molecule has 5 aliphatic rings. The molecule has 7 heterocycles. The maximum Gasteiger partial charge on any atom is 0.319 e. The quantitative estimate of drug-likeness (QED) is 0.0818. The molecule has 2 unspecified atom stereocenters. The van der Waals surface area contributed by atoms with E-state index in [1.165, 1.54) is 24.3 Å². The lowest BCUT2D eigenvalue weighted by molar-refractivity contribution is -0.135. The fourth-order valence-electron chi connectivity index (χ4n) is 13.2. The van der Waals surface area contributed by atoms with Gasteiger partial charge in [-0.2, -0.15) is 15.1 Å². The van der Waals surface area contributed by atoms with Gasteiger partial charge in [0.2, 0.25) is 5.91 Å². The second-order valence-corrected chi connectivity index (χ2v) is 20.3. The van der Waals surface area contributed by atoms with E-state index in [-0.39, 0.29) is 75.5 Å². The fourth-order valence-corrected chi connectivity index (χ4v) is 13.2. The number of aryl methyl sites for hydroxylation is 1. The lowest BCUT2D eigenvalue weighted by atomic mass is 9.76. The van der Waals surface area contributed by atoms with Crippen LogP contribution in [-0.4, -0.2) is 115 Å². The molecule has 0 spiro atoms. The minimum atomic E-state index is -0.987. The fraction of sp³-hybridized carbons (Fsp3) is 0.310. The zero-order chi connectivity index (χ0) is 49.0. The highest BCUT2D eigenvalue weighted by molar-refractivity contribution is 6.18. The second kappa shape index (κ2) is 16.8. The van der Waals surface area contributed by atoms with E-state index in [9.17, 15) is 5.11 Å². The molecule has 5 saturated heterocycles. The van der Waals surface area contributed by atoms with E-state index in [1.807, 2.05) is 18.2 Å². The third-order valence-corrected chi connectivity index (χ3v) is 16.3. The average Bonchev–Trinajstić information content (AvgIpc) is 3.65. The maximum absolute atomic E-state index is 18.2. The van der Waals surface area contributed by atoms with Gasteiger partial charge in [0.05, 0.1) is 22.0 Å². The first-order valence-electron chi connectivity index (χ1n) is 24.9. The third-order valence-electron chi connectivity index (χ3n) is 16.3. The lowest BCUT2D eigenvalue weighted by Gasteiger charge is -2.43. The summed E-state index contributed by atoms with van der Waals surface area (Å²) in [4.78, 5) is 33.9. The predicted octanol–water partition coefficient (Wildman–Crippen LogP) is 9.11. The standard InChI is InChI=1S/C58H51F3N8O3/c1-3-43-46(60)23-20-35-26-42(70)27-44(48(35)43)49-51(61)53-50(45-32-65(2)64-52(45)49)54(63-56(62-53)72-34-57-24-13-25-67(57)29-39(59)28-57)66-30-40-21-22-41(31-66)69(40)55(71)47-33-68(47)58(36-14-7-4-8-15-36,37-16-9-5-10-17-37)38-18-11-6-12-19-38/h1,4-12,14-20,23,26-27,32,39-41,47,70H,13,21-22,24-25,28-31,33-34H2,2H3/t39-,40-,41+,47?,57+,68?/m1/s1. The van der Waals surface area contributed by atoms with Gasteiger partial charge in [0, 0.05) is 74.3 Å². The molecule has 6 aromatic carbocycles. The van der Waals surface area contributed by atoms with Gasteiger partial charge in [0.1, 0.15) is 47.2 Å². The summed E-state index contributed by atoms with van der Waals surface area (Å²) in [7, 11) is 1.73. The number of carbonyl (C=O) groups is 1. The Bertz CT molecular complexity index is 3410. The van der Waals surface area contributed by atoms with Crippen LogP contribution in [0.25, 0.3) is 43.7 Å². The summed E-state index contributed by atoms with van der Waals surface area (Å²) in [6.07, 6.45) is 10.2. The number of terminal acetylenes is 1. The number of rotatable bonds is 10. The van der Waals surface area contributed by atoms with Crippen LogP contribution in [0.2, 0.25) is 0 Å². The molecule has 2 bridgehead atoms. The van der Waals surface area contributed by atoms with Crippen LogP contribution in [0.1, 0.15) is 54.4 Å². The molecular formula is C58H51F3N8O3. The van der Waals surface area contributed by atoms with Crippen LogP contribution in [-0.2, 0) is 17.4 Å². The Balaban J connectivity index is 0.911. The molecule has 13 rings (SSSR count). The first kappa shape index (κ1) is 44.5. The molecule has 1 amide bonds. The highest BCUT2D eigenvalue weighted by Gasteiger charge is 2.59. The Kier molecular flexibility index (Phi) is 10.4. The van der Waals surface area contributed by atoms with E-state index >= 15 is 18.0 Å². The maximum atomic E-state index is 18.2. The van der Waals surface area contributed by atoms with Gasteiger partial charge in [-0.05, 0) is 78.1 Å². The van der Waals surface area contributed by atoms with Crippen molar-refractivity contribution in [3.05, 3.63) is 155 Å². The van der Waals surface area contributed by atoms with Gasteiger partial charge in [0.15, 0.2) is 5.82 Å². The molecule has 362 valence electrons. The van der Waals surface area contributed by atoms with Gasteiger partial charge in [-0.15, -0.1) is 6.42 Å². The Morgan fingerprint density at radius 3 is 2.18 bits per heavy atom. The van der Waals surface area contributed by atoms with E-state index in [1.54, 1.807) is 17.9 Å². The average molecular weight is 965 g/mol. The van der Waals surface area contributed by atoms with Crippen LogP contribution in [0.5, 0.6) is 11.8 Å². The highest BCUT2D eigenvalue weighted by atomic mass is 19.1. The summed E-state index contributed by atoms with van der Waals surface area (Å²) in [5, 5.41) is 17.5. The normalized spacial score (nSPS) is 23.8. The van der Waals surface area contributed by atoms with Gasteiger partial charge in [0.25, 0.3) is 0 Å². The largest absolute Gasteiger partial charge is 0.508 e. The molecular weight excluding hydrogens is 914 g/mol. The van der Waals surface area contributed by atoms with E-state index < -0.39 is 28.9 Å². The molecule has 0 radical (unpaired) electrons. The first-order chi connectivity index (χ1) is 35.1. The Morgan fingerprint density at radius 2 is 1.53 bits per heavy atom. The summed E-state index contributed by atoms with van der Waals surface area (Å²) in [5.74, 6) is 1.35. The van der Waals surface area contributed by atoms with Gasteiger partial charge >= 0.3 is 6.01 Å². The van der Waals surface area contributed by atoms with Crippen molar-refractivity contribution in [3.63, 3.8) is 0 Å². The monoisotopic (exact) mass is 964 g/mol. The summed E-state index contributed by atoms with van der Waals surface area (Å²) >= 11 is 0. The molecule has 8 aromatic rings. The molecule has 0 aliphatic carbocycles. The predicted molar refractivity (Wildman–Crippen MR) is 270 cm³/mol. The summed E-state index contributed by atoms with van der Waals surface area (Å²) in [5.41, 5.74) is 2.21. The van der Waals surface area contributed by atoms with Gasteiger partial charge < -0.3 is 19.6 Å². The van der Waals surface area contributed by atoms with E-state index in [2.05, 4.69) is 98.3 Å². The molecule has 2 aromatic heterocycles. The molecule has 6 atom stereocenters. The van der Waals surface area contributed by atoms with Crippen molar-refractivity contribution in [2.24, 2.45) is 7.05 Å². The number of hydrogen-bond donors (Lipinski definition) is 1. The second-order valence-electron chi connectivity index (χ2n) is 20.3. The Hall–Kier alpha value is -7.47. The third kappa shape index (κ3) is 6.80. The Morgan fingerprint density at radius 1 is 0.861 bits per heavy atom. The molecule has 0 saturated carbocycles. The first-order valence-corrected chi connectivity index (χ1v) is 24.9. The number of carbonyl (C=O) groups excluding carboxylic acids is 1. The minimum absolute atomic E-state index is 0.0182. The number of alkyl halides is 1. The van der Waals surface area contributed by atoms with Crippen molar-refractivity contribution in [3.8, 4) is 35.2 Å². The smallest absolute Gasteiger partial charge is 0.319 e. The zero-order valence-corrected chi connectivity index (χ0v) is 39.7. The van der Waals surface area contributed by atoms with Gasteiger partial charge in [-0.1, -0.05) is 103 Å². The number of phenols is 1. The molecule has 14 heteroatoms. The zero-order valence-electron chi connectivity index (χ0n) is 39.7. The number of halogens is 3. The van der Waals surface area contributed by atoms with E-state index in [0.29, 0.717) is 54.6 Å². The number of aromatic hydroxyl groups is 1. The SMILES string of the molecule is C#Cc1c(F)ccc2cc(O)cc(-c3c(F)c4nc(OC[C@@]56CCCN5C[C@H](F)C6)nc(N5C[C@H]6CC[C@@H](C5)N6C(=O)C5CN5C(c5ccccc5)(c5ccccc5)c5ccccc5)c4c4cn(C)nc34)c12. The van der Waals surface area contributed by atoms with Crippen LogP contribution >= 0.6 is 0 Å². The highest BCUT2D eigenvalue weighted by Crippen LogP contribution is 2.51. The van der Waals surface area contributed by atoms with Crippen LogP contribution in [0.4, 0.5) is 19.0 Å². The van der Waals surface area contributed by atoms with Crippen LogP contribution in [0.3, 0.4) is 0 Å². The van der Waals surface area contributed by atoms with Gasteiger partial charge in [-0.3, -0.25) is 19.3 Å². The number of fused-ring (bicyclic) bond motifs is 7. The van der Waals surface area contributed by atoms with Crippen molar-refractivity contribution >= 4 is 44.3 Å². The Labute approximate surface area is 414 Å². The van der Waals surface area contributed by atoms with Crippen molar-refractivity contribution in [2.75, 3.05) is 44.2 Å². The van der Waals surface area contributed by atoms with Crippen molar-refractivity contribution in [1.82, 2.24) is 34.4 Å². The summed E-state index contributed by atoms with van der Waals surface area (Å²) < 4.78 is 56.8. The summed E-state index contributed by atoms with van der Waals surface area (Å²) in [6.45, 7) is 2.61. The van der Waals surface area contributed by atoms with Crippen molar-refractivity contribution in [1.29, 1.82) is 0 Å². The number of phenolic OH excluding ortho intramolecular Hbond substituents is 1. The molecule has 11 nitrogen and oxygen atoms in total. The lowest BCUT2D eigenvalue weighted by Crippen LogP contribution is -2.57. The number of benzene rings is 6. The topological polar surface area (TPSA) is 103 Å². The number of amides is 1. The van der Waals surface area contributed by atoms with E-state index in [0.717, 1.165) is 48.9 Å². The molecule has 72 heavy (non-hydrogen) atoms. The summed E-state index contributed by atoms with van der Waals surface area (Å²) in [6, 6.07) is 36.0. The van der Waals surface area contributed by atoms with Gasteiger partial charge in [-0.25, -0.2) is 13.2 Å². The number of hydrogen-bond acceptors (Lipinski definition) is 9. The van der Waals surface area contributed by atoms with Crippen molar-refractivity contribution < 1.29 is 27.8 Å². The van der Waals surface area contributed by atoms with Crippen molar-refractivity contribution in [2.45, 2.75) is 67.5 Å². The van der Waals surface area contributed by atoms with Crippen LogP contribution < -0.4 is 9.64 Å². The molecule has 5 aliphatic heterocycles. The molecule has 5 fully saturated rings. The van der Waals surface area contributed by atoms with Crippen LogP contribution in [0.15, 0.2) is 121 Å².